The Morgan fingerprint density at radius 1 is 1.05 bits per heavy atom. The average molecular weight is 304 g/mol. The second kappa shape index (κ2) is 5.15. The Bertz CT molecular complexity index is 670. The molecule has 0 radical (unpaired) electrons. The molecule has 0 aromatic heterocycles. The number of benzene rings is 2. The maximum atomic E-state index is 6.23. The number of anilines is 1. The number of rotatable bonds is 3. The van der Waals surface area contributed by atoms with Crippen LogP contribution in [0.4, 0.5) is 5.69 Å². The second-order valence-electron chi connectivity index (χ2n) is 5.65. The summed E-state index contributed by atoms with van der Waals surface area (Å²) >= 11 is 6.23. The first-order chi connectivity index (χ1) is 9.94. The fourth-order valence-corrected chi connectivity index (χ4v) is 2.77. The summed E-state index contributed by atoms with van der Waals surface area (Å²) in [6.07, 6.45) is 0. The van der Waals surface area contributed by atoms with Gasteiger partial charge in [-0.2, -0.15) is 0 Å². The molecule has 110 valence electrons. The van der Waals surface area contributed by atoms with Crippen LogP contribution in [0, 0.1) is 0 Å². The highest BCUT2D eigenvalue weighted by Gasteiger charge is 2.31. The minimum atomic E-state index is -0.602. The van der Waals surface area contributed by atoms with Crippen LogP contribution in [0.15, 0.2) is 42.5 Å². The SMILES string of the molecule is CC(Nc1ccc2c(c1)OC(C)(C)O2)c1ccccc1Cl. The fraction of sp³-hybridized carbons (Fsp3) is 0.294. The summed E-state index contributed by atoms with van der Waals surface area (Å²) in [7, 11) is 0. The van der Waals surface area contributed by atoms with Gasteiger partial charge in [-0.05, 0) is 30.7 Å². The van der Waals surface area contributed by atoms with Gasteiger partial charge in [-0.3, -0.25) is 0 Å². The maximum absolute atomic E-state index is 6.23. The molecule has 0 fully saturated rings. The normalized spacial score (nSPS) is 16.6. The summed E-state index contributed by atoms with van der Waals surface area (Å²) in [5.74, 6) is 0.933. The van der Waals surface area contributed by atoms with Crippen LogP contribution in [0.25, 0.3) is 0 Å². The monoisotopic (exact) mass is 303 g/mol. The van der Waals surface area contributed by atoms with Gasteiger partial charge >= 0.3 is 0 Å². The third-order valence-corrected chi connectivity index (χ3v) is 3.75. The zero-order chi connectivity index (χ0) is 15.0. The van der Waals surface area contributed by atoms with Crippen molar-refractivity contribution in [3.8, 4) is 11.5 Å². The van der Waals surface area contributed by atoms with Crippen LogP contribution in [-0.2, 0) is 0 Å². The zero-order valence-electron chi connectivity index (χ0n) is 12.3. The van der Waals surface area contributed by atoms with Gasteiger partial charge in [-0.1, -0.05) is 29.8 Å². The molecule has 3 nitrogen and oxygen atoms in total. The molecule has 21 heavy (non-hydrogen) atoms. The summed E-state index contributed by atoms with van der Waals surface area (Å²) in [5, 5.41) is 4.20. The van der Waals surface area contributed by atoms with E-state index in [0.29, 0.717) is 0 Å². The third-order valence-electron chi connectivity index (χ3n) is 3.41. The van der Waals surface area contributed by atoms with Crippen LogP contribution >= 0.6 is 11.6 Å². The van der Waals surface area contributed by atoms with Gasteiger partial charge in [0.05, 0.1) is 0 Å². The second-order valence-corrected chi connectivity index (χ2v) is 6.06. The molecule has 2 aromatic carbocycles. The Morgan fingerprint density at radius 2 is 1.76 bits per heavy atom. The van der Waals surface area contributed by atoms with E-state index in [1.807, 2.05) is 56.3 Å². The molecule has 1 unspecified atom stereocenters. The molecule has 0 saturated carbocycles. The molecule has 1 N–H and O–H groups in total. The lowest BCUT2D eigenvalue weighted by atomic mass is 10.1. The molecule has 4 heteroatoms. The van der Waals surface area contributed by atoms with Gasteiger partial charge in [-0.15, -0.1) is 0 Å². The minimum Gasteiger partial charge on any atom is -0.449 e. The Kier molecular flexibility index (Phi) is 3.46. The largest absolute Gasteiger partial charge is 0.449 e. The summed E-state index contributed by atoms with van der Waals surface area (Å²) in [4.78, 5) is 0. The van der Waals surface area contributed by atoms with Crippen molar-refractivity contribution in [2.24, 2.45) is 0 Å². The van der Waals surface area contributed by atoms with Gasteiger partial charge in [0, 0.05) is 36.7 Å². The number of fused-ring (bicyclic) bond motifs is 1. The Morgan fingerprint density at radius 3 is 2.52 bits per heavy atom. The first-order valence-electron chi connectivity index (χ1n) is 6.98. The van der Waals surface area contributed by atoms with Crippen LogP contribution in [0.3, 0.4) is 0 Å². The molecule has 0 saturated heterocycles. The Labute approximate surface area is 129 Å². The predicted octanol–water partition coefficient (Wildman–Crippen LogP) is 5.02. The molecule has 0 aliphatic carbocycles. The number of nitrogens with one attached hydrogen (secondary N) is 1. The zero-order valence-corrected chi connectivity index (χ0v) is 13.1. The van der Waals surface area contributed by atoms with Crippen LogP contribution in [0.5, 0.6) is 11.5 Å². The highest BCUT2D eigenvalue weighted by molar-refractivity contribution is 6.31. The van der Waals surface area contributed by atoms with Gasteiger partial charge < -0.3 is 14.8 Å². The predicted molar refractivity (Wildman–Crippen MR) is 85.3 cm³/mol. The van der Waals surface area contributed by atoms with E-state index >= 15 is 0 Å². The summed E-state index contributed by atoms with van der Waals surface area (Å²) < 4.78 is 11.4. The molecule has 1 aliphatic rings. The van der Waals surface area contributed by atoms with E-state index in [4.69, 9.17) is 21.1 Å². The molecular weight excluding hydrogens is 286 g/mol. The van der Waals surface area contributed by atoms with E-state index in [1.165, 1.54) is 0 Å². The van der Waals surface area contributed by atoms with Gasteiger partial charge in [0.25, 0.3) is 0 Å². The highest BCUT2D eigenvalue weighted by atomic mass is 35.5. The van der Waals surface area contributed by atoms with Crippen molar-refractivity contribution in [2.45, 2.75) is 32.6 Å². The Balaban J connectivity index is 1.79. The number of halogens is 1. The standard InChI is InChI=1S/C17H18ClNO2/c1-11(13-6-4-5-7-14(13)18)19-12-8-9-15-16(10-12)21-17(2,3)20-15/h4-11,19H,1-3H3. The van der Waals surface area contributed by atoms with Crippen molar-refractivity contribution < 1.29 is 9.47 Å². The highest BCUT2D eigenvalue weighted by Crippen LogP contribution is 2.41. The van der Waals surface area contributed by atoms with E-state index in [1.54, 1.807) is 0 Å². The molecule has 0 spiro atoms. The quantitative estimate of drug-likeness (QED) is 0.863. The van der Waals surface area contributed by atoms with Crippen LogP contribution in [0.2, 0.25) is 5.02 Å². The van der Waals surface area contributed by atoms with Gasteiger partial charge in [-0.25, -0.2) is 0 Å². The molecule has 2 aromatic rings. The lowest BCUT2D eigenvalue weighted by Gasteiger charge is -2.17. The summed E-state index contributed by atoms with van der Waals surface area (Å²) in [6.45, 7) is 5.87. The van der Waals surface area contributed by atoms with E-state index in [0.717, 1.165) is 27.8 Å². The van der Waals surface area contributed by atoms with Crippen LogP contribution in [-0.4, -0.2) is 5.79 Å². The van der Waals surface area contributed by atoms with Crippen molar-refractivity contribution in [2.75, 3.05) is 5.32 Å². The Hall–Kier alpha value is -1.87. The van der Waals surface area contributed by atoms with Crippen molar-refractivity contribution in [1.82, 2.24) is 0 Å². The van der Waals surface area contributed by atoms with Crippen molar-refractivity contribution >= 4 is 17.3 Å². The summed E-state index contributed by atoms with van der Waals surface area (Å²) in [5.41, 5.74) is 2.04. The topological polar surface area (TPSA) is 30.5 Å². The van der Waals surface area contributed by atoms with Crippen molar-refractivity contribution in [3.05, 3.63) is 53.1 Å². The molecule has 1 heterocycles. The lowest BCUT2D eigenvalue weighted by Crippen LogP contribution is -2.29. The van der Waals surface area contributed by atoms with Gasteiger partial charge in [0.1, 0.15) is 0 Å². The summed E-state index contributed by atoms with van der Waals surface area (Å²) in [6, 6.07) is 13.8. The molecule has 0 bridgehead atoms. The van der Waals surface area contributed by atoms with E-state index < -0.39 is 5.79 Å². The number of hydrogen-bond acceptors (Lipinski definition) is 3. The van der Waals surface area contributed by atoms with E-state index in [9.17, 15) is 0 Å². The molecule has 1 atom stereocenters. The van der Waals surface area contributed by atoms with Crippen molar-refractivity contribution in [1.29, 1.82) is 0 Å². The first-order valence-corrected chi connectivity index (χ1v) is 7.35. The third kappa shape index (κ3) is 2.93. The van der Waals surface area contributed by atoms with E-state index in [-0.39, 0.29) is 6.04 Å². The smallest absolute Gasteiger partial charge is 0.246 e. The first kappa shape index (κ1) is 14.1. The van der Waals surface area contributed by atoms with Gasteiger partial charge in [0.2, 0.25) is 5.79 Å². The molecule has 1 aliphatic heterocycles. The average Bonchev–Trinajstić information content (AvgIpc) is 2.72. The molecule has 0 amide bonds. The maximum Gasteiger partial charge on any atom is 0.246 e. The number of ether oxygens (including phenoxy) is 2. The lowest BCUT2D eigenvalue weighted by molar-refractivity contribution is -0.0431. The molecular formula is C17H18ClNO2. The van der Waals surface area contributed by atoms with Gasteiger partial charge in [0.15, 0.2) is 11.5 Å². The van der Waals surface area contributed by atoms with Crippen LogP contribution in [0.1, 0.15) is 32.4 Å². The number of hydrogen-bond donors (Lipinski definition) is 1. The fourth-order valence-electron chi connectivity index (χ4n) is 2.47. The van der Waals surface area contributed by atoms with Crippen molar-refractivity contribution in [3.63, 3.8) is 0 Å². The van der Waals surface area contributed by atoms with Crippen LogP contribution < -0.4 is 14.8 Å². The van der Waals surface area contributed by atoms with E-state index in [2.05, 4.69) is 12.2 Å². The molecule has 3 rings (SSSR count). The minimum absolute atomic E-state index is 0.104.